The van der Waals surface area contributed by atoms with Crippen LogP contribution >= 0.6 is 0 Å². The smallest absolute Gasteiger partial charge is 0.240 e. The number of hydrazone groups is 1. The number of phenolic OH excluding ortho intramolecular Hbond substituents is 1. The molecule has 0 aliphatic heterocycles. The predicted molar refractivity (Wildman–Crippen MR) is 83.8 cm³/mol. The van der Waals surface area contributed by atoms with Crippen LogP contribution in [0.15, 0.2) is 23.3 Å². The highest BCUT2D eigenvalue weighted by Crippen LogP contribution is 2.26. The van der Waals surface area contributed by atoms with Crippen LogP contribution in [0.3, 0.4) is 0 Å². The Morgan fingerprint density at radius 2 is 2.14 bits per heavy atom. The number of ether oxygens (including phenoxy) is 1. The van der Waals surface area contributed by atoms with E-state index in [4.69, 9.17) is 4.74 Å². The third-order valence-electron chi connectivity index (χ3n) is 2.94. The summed E-state index contributed by atoms with van der Waals surface area (Å²) in [6.07, 6.45) is 6.31. The lowest BCUT2D eigenvalue weighted by Crippen LogP contribution is -2.16. The monoisotopic (exact) mass is 292 g/mol. The molecule has 1 rings (SSSR count). The van der Waals surface area contributed by atoms with Gasteiger partial charge >= 0.3 is 0 Å². The number of aromatic hydroxyl groups is 1. The second kappa shape index (κ2) is 9.80. The van der Waals surface area contributed by atoms with Crippen LogP contribution in [0.5, 0.6) is 11.5 Å². The van der Waals surface area contributed by atoms with Gasteiger partial charge in [0.15, 0.2) is 11.5 Å². The molecule has 0 aliphatic carbocycles. The first kappa shape index (κ1) is 17.0. The fraction of sp³-hybridized carbons (Fsp3) is 0.500. The molecule has 2 N–H and O–H groups in total. The van der Waals surface area contributed by atoms with Crippen LogP contribution < -0.4 is 10.2 Å². The second-order valence-corrected chi connectivity index (χ2v) is 4.76. The molecule has 0 saturated heterocycles. The lowest BCUT2D eigenvalue weighted by Gasteiger charge is -2.06. The number of carbonyl (C=O) groups excluding carboxylic acids is 1. The Kier molecular flexibility index (Phi) is 7.94. The van der Waals surface area contributed by atoms with Gasteiger partial charge in [-0.3, -0.25) is 4.79 Å². The predicted octanol–water partition coefficient (Wildman–Crippen LogP) is 3.21. The lowest BCUT2D eigenvalue weighted by molar-refractivity contribution is -0.121. The number of hydrogen-bond acceptors (Lipinski definition) is 4. The van der Waals surface area contributed by atoms with Crippen LogP contribution in [0.1, 0.15) is 51.5 Å². The normalized spacial score (nSPS) is 10.8. The molecule has 0 heterocycles. The van der Waals surface area contributed by atoms with E-state index in [0.717, 1.165) is 31.2 Å². The summed E-state index contributed by atoms with van der Waals surface area (Å²) in [6.45, 7) is 4.46. The maximum Gasteiger partial charge on any atom is 0.240 e. The third-order valence-corrected chi connectivity index (χ3v) is 2.94. The van der Waals surface area contributed by atoms with E-state index in [9.17, 15) is 9.90 Å². The molecule has 0 saturated carbocycles. The number of nitrogens with one attached hydrogen (secondary N) is 1. The van der Waals surface area contributed by atoms with E-state index in [2.05, 4.69) is 17.5 Å². The van der Waals surface area contributed by atoms with Crippen molar-refractivity contribution in [3.05, 3.63) is 23.8 Å². The molecule has 0 atom stereocenters. The van der Waals surface area contributed by atoms with Gasteiger partial charge < -0.3 is 9.84 Å². The Morgan fingerprint density at radius 1 is 1.33 bits per heavy atom. The average molecular weight is 292 g/mol. The van der Waals surface area contributed by atoms with Crippen molar-refractivity contribution in [2.24, 2.45) is 5.10 Å². The molecule has 1 aromatic carbocycles. The molecule has 0 bridgehead atoms. The van der Waals surface area contributed by atoms with Gasteiger partial charge in [0, 0.05) is 6.42 Å². The topological polar surface area (TPSA) is 70.9 Å². The van der Waals surface area contributed by atoms with Crippen molar-refractivity contribution in [3.8, 4) is 11.5 Å². The quantitative estimate of drug-likeness (QED) is 0.417. The fourth-order valence-electron chi connectivity index (χ4n) is 1.83. The summed E-state index contributed by atoms with van der Waals surface area (Å²) in [6, 6.07) is 4.92. The van der Waals surface area contributed by atoms with Crippen LogP contribution in [0.25, 0.3) is 0 Å². The van der Waals surface area contributed by atoms with E-state index in [1.807, 2.05) is 6.92 Å². The minimum atomic E-state index is -0.0776. The van der Waals surface area contributed by atoms with Gasteiger partial charge in [-0.1, -0.05) is 26.2 Å². The zero-order chi connectivity index (χ0) is 15.5. The maximum absolute atomic E-state index is 11.5. The van der Waals surface area contributed by atoms with Crippen molar-refractivity contribution in [2.75, 3.05) is 6.61 Å². The van der Waals surface area contributed by atoms with Gasteiger partial charge in [-0.05, 0) is 37.1 Å². The van der Waals surface area contributed by atoms with E-state index < -0.39 is 0 Å². The largest absolute Gasteiger partial charge is 0.504 e. The van der Waals surface area contributed by atoms with Gasteiger partial charge in [-0.2, -0.15) is 5.10 Å². The Hall–Kier alpha value is -2.04. The molecule has 0 spiro atoms. The standard InChI is InChI=1S/C16H24N2O3/c1-3-5-6-7-8-16(20)18-17-12-13-9-10-14(19)15(11-13)21-4-2/h9-12,19H,3-8H2,1-2H3,(H,18,20)/b17-12+. The van der Waals surface area contributed by atoms with Crippen LogP contribution in [0, 0.1) is 0 Å². The SMILES string of the molecule is CCCCCCC(=O)N/N=C/c1ccc(O)c(OCC)c1. The first-order valence-electron chi connectivity index (χ1n) is 7.45. The number of rotatable bonds is 9. The molecule has 0 unspecified atom stereocenters. The molecular weight excluding hydrogens is 268 g/mol. The zero-order valence-electron chi connectivity index (χ0n) is 12.8. The van der Waals surface area contributed by atoms with Gasteiger partial charge in [0.1, 0.15) is 0 Å². The number of amides is 1. The van der Waals surface area contributed by atoms with Crippen molar-refractivity contribution in [2.45, 2.75) is 46.0 Å². The zero-order valence-corrected chi connectivity index (χ0v) is 12.8. The van der Waals surface area contributed by atoms with E-state index in [1.54, 1.807) is 18.2 Å². The van der Waals surface area contributed by atoms with E-state index in [-0.39, 0.29) is 11.7 Å². The molecule has 0 aliphatic rings. The summed E-state index contributed by atoms with van der Waals surface area (Å²) in [5.41, 5.74) is 3.25. The maximum atomic E-state index is 11.5. The molecule has 116 valence electrons. The number of carbonyl (C=O) groups is 1. The minimum Gasteiger partial charge on any atom is -0.504 e. The molecule has 21 heavy (non-hydrogen) atoms. The first-order valence-corrected chi connectivity index (χ1v) is 7.45. The number of nitrogens with zero attached hydrogens (tertiary/aromatic N) is 1. The van der Waals surface area contributed by atoms with Crippen LogP contribution in [-0.2, 0) is 4.79 Å². The molecule has 1 amide bonds. The van der Waals surface area contributed by atoms with Crippen molar-refractivity contribution >= 4 is 12.1 Å². The highest BCUT2D eigenvalue weighted by molar-refractivity contribution is 5.83. The van der Waals surface area contributed by atoms with Crippen molar-refractivity contribution in [3.63, 3.8) is 0 Å². The number of hydrogen-bond donors (Lipinski definition) is 2. The highest BCUT2D eigenvalue weighted by atomic mass is 16.5. The summed E-state index contributed by atoms with van der Waals surface area (Å²) in [7, 11) is 0. The van der Waals surface area contributed by atoms with Gasteiger partial charge in [0.05, 0.1) is 12.8 Å². The summed E-state index contributed by atoms with van der Waals surface area (Å²) in [5.74, 6) is 0.424. The Labute approximate surface area is 126 Å². The molecule has 5 nitrogen and oxygen atoms in total. The Balaban J connectivity index is 2.42. The van der Waals surface area contributed by atoms with Crippen LogP contribution in [0.2, 0.25) is 0 Å². The van der Waals surface area contributed by atoms with Crippen molar-refractivity contribution < 1.29 is 14.6 Å². The van der Waals surface area contributed by atoms with Gasteiger partial charge in [-0.25, -0.2) is 5.43 Å². The van der Waals surface area contributed by atoms with E-state index >= 15 is 0 Å². The molecule has 0 aromatic heterocycles. The van der Waals surface area contributed by atoms with Gasteiger partial charge in [0.2, 0.25) is 5.91 Å². The van der Waals surface area contributed by atoms with Crippen LogP contribution in [0.4, 0.5) is 0 Å². The Morgan fingerprint density at radius 3 is 2.86 bits per heavy atom. The first-order chi connectivity index (χ1) is 10.2. The highest BCUT2D eigenvalue weighted by Gasteiger charge is 2.02. The van der Waals surface area contributed by atoms with Gasteiger partial charge in [0.25, 0.3) is 0 Å². The van der Waals surface area contributed by atoms with Crippen molar-refractivity contribution in [1.29, 1.82) is 0 Å². The molecule has 1 aromatic rings. The molecule has 5 heteroatoms. The number of benzene rings is 1. The average Bonchev–Trinajstić information content (AvgIpc) is 2.47. The second-order valence-electron chi connectivity index (χ2n) is 4.76. The van der Waals surface area contributed by atoms with Crippen molar-refractivity contribution in [1.82, 2.24) is 5.43 Å². The van der Waals surface area contributed by atoms with E-state index in [1.165, 1.54) is 6.21 Å². The van der Waals surface area contributed by atoms with Crippen LogP contribution in [-0.4, -0.2) is 23.8 Å². The lowest BCUT2D eigenvalue weighted by atomic mass is 10.1. The summed E-state index contributed by atoms with van der Waals surface area (Å²) in [5, 5.41) is 13.5. The summed E-state index contributed by atoms with van der Waals surface area (Å²) >= 11 is 0. The molecule has 0 radical (unpaired) electrons. The molecule has 0 fully saturated rings. The summed E-state index contributed by atoms with van der Waals surface area (Å²) < 4.78 is 5.28. The minimum absolute atomic E-state index is 0.0776. The Bertz CT molecular complexity index is 473. The number of phenols is 1. The third kappa shape index (κ3) is 6.79. The van der Waals surface area contributed by atoms with E-state index in [0.29, 0.717) is 18.8 Å². The van der Waals surface area contributed by atoms with Gasteiger partial charge in [-0.15, -0.1) is 0 Å². The summed E-state index contributed by atoms with van der Waals surface area (Å²) in [4.78, 5) is 11.5. The molecular formula is C16H24N2O3. The fourth-order valence-corrected chi connectivity index (χ4v) is 1.83. The number of unbranched alkanes of at least 4 members (excludes halogenated alkanes) is 3.